The number of halogens is 3. The van der Waals surface area contributed by atoms with E-state index in [1.54, 1.807) is 36.4 Å². The summed E-state index contributed by atoms with van der Waals surface area (Å²) in [6, 6.07) is 16.9. The van der Waals surface area contributed by atoms with Gasteiger partial charge in [0.05, 0.1) is 12.6 Å². The van der Waals surface area contributed by atoms with Crippen LogP contribution in [0.5, 0.6) is 5.75 Å². The zero-order chi connectivity index (χ0) is 18.5. The summed E-state index contributed by atoms with van der Waals surface area (Å²) in [6.45, 7) is 0. The topological polar surface area (TPSA) is 39.2 Å². The molecule has 0 aliphatic carbocycles. The van der Waals surface area contributed by atoms with E-state index < -0.39 is 11.9 Å². The van der Waals surface area contributed by atoms with E-state index in [1.807, 2.05) is 12.1 Å². The highest BCUT2D eigenvalue weighted by atomic mass is 79.9. The summed E-state index contributed by atoms with van der Waals surface area (Å²) >= 11 is 9.31. The average Bonchev–Trinajstić information content (AvgIpc) is 2.64. The van der Waals surface area contributed by atoms with Crippen LogP contribution >= 0.6 is 27.5 Å². The lowest BCUT2D eigenvalue weighted by Gasteiger charge is -2.19. The molecule has 0 fully saturated rings. The molecule has 3 rings (SSSR count). The average molecular weight is 435 g/mol. The second-order valence-corrected chi connectivity index (χ2v) is 6.97. The smallest absolute Gasteiger partial charge is 0.183 e. The van der Waals surface area contributed by atoms with E-state index in [-0.39, 0.29) is 12.2 Å². The molecule has 0 radical (unpaired) electrons. The fraction of sp³-hybridized carbons (Fsp3) is 0.100. The van der Waals surface area contributed by atoms with Gasteiger partial charge in [-0.1, -0.05) is 39.7 Å². The Morgan fingerprint density at radius 2 is 1.77 bits per heavy atom. The first-order valence-corrected chi connectivity index (χ1v) is 8.99. The van der Waals surface area contributed by atoms with Gasteiger partial charge in [0.15, 0.2) is 11.9 Å². The molecule has 1 aromatic heterocycles. The maximum Gasteiger partial charge on any atom is 0.183 e. The third-order valence-corrected chi connectivity index (χ3v) is 4.46. The fourth-order valence-electron chi connectivity index (χ4n) is 2.39. The standard InChI is InChI=1S/C20H14BrClFNO2/c21-14-3-9-18(10-4-14)26-20(13-1-5-15(22)6-2-13)19(25)11-17-8-7-16(23)12-24-17/h1-10,12,20H,11H2. The normalized spacial score (nSPS) is 11.8. The molecule has 1 unspecified atom stereocenters. The van der Waals surface area contributed by atoms with E-state index in [0.29, 0.717) is 22.0 Å². The first-order chi connectivity index (χ1) is 12.5. The van der Waals surface area contributed by atoms with Crippen molar-refractivity contribution in [3.63, 3.8) is 0 Å². The van der Waals surface area contributed by atoms with Gasteiger partial charge in [-0.2, -0.15) is 0 Å². The molecule has 1 atom stereocenters. The molecule has 26 heavy (non-hydrogen) atoms. The monoisotopic (exact) mass is 433 g/mol. The molecular weight excluding hydrogens is 421 g/mol. The van der Waals surface area contributed by atoms with Crippen molar-refractivity contribution in [1.29, 1.82) is 0 Å². The maximum atomic E-state index is 13.0. The van der Waals surface area contributed by atoms with Crippen LogP contribution in [0.1, 0.15) is 17.4 Å². The molecule has 3 aromatic rings. The number of benzene rings is 2. The number of hydrogen-bond acceptors (Lipinski definition) is 3. The summed E-state index contributed by atoms with van der Waals surface area (Å²) in [7, 11) is 0. The van der Waals surface area contributed by atoms with Crippen molar-refractivity contribution >= 4 is 33.3 Å². The summed E-state index contributed by atoms with van der Waals surface area (Å²) in [5.74, 6) is -0.0653. The van der Waals surface area contributed by atoms with Gasteiger partial charge in [0.25, 0.3) is 0 Å². The van der Waals surface area contributed by atoms with Crippen LogP contribution < -0.4 is 4.74 Å². The molecule has 1 heterocycles. The Balaban J connectivity index is 1.85. The van der Waals surface area contributed by atoms with E-state index in [2.05, 4.69) is 20.9 Å². The van der Waals surface area contributed by atoms with Crippen LogP contribution in [-0.2, 0) is 11.2 Å². The molecule has 0 N–H and O–H groups in total. The Hall–Kier alpha value is -2.24. The number of ketones is 1. The maximum absolute atomic E-state index is 13.0. The highest BCUT2D eigenvalue weighted by Gasteiger charge is 2.23. The number of aromatic nitrogens is 1. The molecule has 0 aliphatic heterocycles. The van der Waals surface area contributed by atoms with Crippen LogP contribution in [0.2, 0.25) is 5.02 Å². The lowest BCUT2D eigenvalue weighted by molar-refractivity contribution is -0.125. The number of Topliss-reactive ketones (excluding diaryl/α,β-unsaturated/α-hetero) is 1. The summed E-state index contributed by atoms with van der Waals surface area (Å²) in [6.07, 6.45) is 0.305. The van der Waals surface area contributed by atoms with Crippen LogP contribution in [0, 0.1) is 5.82 Å². The minimum Gasteiger partial charge on any atom is -0.478 e. The number of pyridine rings is 1. The van der Waals surface area contributed by atoms with Crippen LogP contribution in [0.4, 0.5) is 4.39 Å². The van der Waals surface area contributed by atoms with E-state index >= 15 is 0 Å². The van der Waals surface area contributed by atoms with E-state index in [1.165, 1.54) is 12.1 Å². The Kier molecular flexibility index (Phi) is 6.01. The molecule has 2 aromatic carbocycles. The van der Waals surface area contributed by atoms with Gasteiger partial charge in [0.1, 0.15) is 11.6 Å². The molecule has 3 nitrogen and oxygen atoms in total. The molecule has 0 aliphatic rings. The predicted molar refractivity (Wildman–Crippen MR) is 102 cm³/mol. The van der Waals surface area contributed by atoms with Gasteiger partial charge in [0.2, 0.25) is 0 Å². The van der Waals surface area contributed by atoms with Crippen LogP contribution in [0.15, 0.2) is 71.3 Å². The quantitative estimate of drug-likeness (QED) is 0.509. The molecule has 0 saturated heterocycles. The fourth-order valence-corrected chi connectivity index (χ4v) is 2.78. The summed E-state index contributed by atoms with van der Waals surface area (Å²) in [5, 5.41) is 0.573. The Morgan fingerprint density at radius 1 is 1.08 bits per heavy atom. The zero-order valence-corrected chi connectivity index (χ0v) is 15.9. The SMILES string of the molecule is O=C(Cc1ccc(F)cn1)C(Oc1ccc(Br)cc1)c1ccc(Cl)cc1. The lowest BCUT2D eigenvalue weighted by Crippen LogP contribution is -2.21. The van der Waals surface area contributed by atoms with Crippen molar-refractivity contribution in [2.24, 2.45) is 0 Å². The predicted octanol–water partition coefficient (Wildman–Crippen LogP) is 5.57. The summed E-state index contributed by atoms with van der Waals surface area (Å²) < 4.78 is 19.9. The van der Waals surface area contributed by atoms with Gasteiger partial charge in [-0.15, -0.1) is 0 Å². The van der Waals surface area contributed by atoms with Gasteiger partial charge < -0.3 is 4.74 Å². The minimum absolute atomic E-state index is 0.0318. The van der Waals surface area contributed by atoms with Gasteiger partial charge in [-0.25, -0.2) is 4.39 Å². The molecular formula is C20H14BrClFNO2. The van der Waals surface area contributed by atoms with E-state index in [9.17, 15) is 9.18 Å². The van der Waals surface area contributed by atoms with Crippen molar-refractivity contribution in [2.45, 2.75) is 12.5 Å². The van der Waals surface area contributed by atoms with E-state index in [0.717, 1.165) is 10.7 Å². The highest BCUT2D eigenvalue weighted by Crippen LogP contribution is 2.26. The molecule has 0 bridgehead atoms. The lowest BCUT2D eigenvalue weighted by atomic mass is 10.0. The molecule has 6 heteroatoms. The molecule has 0 saturated carbocycles. The first-order valence-electron chi connectivity index (χ1n) is 7.82. The van der Waals surface area contributed by atoms with Crippen molar-refractivity contribution in [2.75, 3.05) is 0 Å². The van der Waals surface area contributed by atoms with Crippen molar-refractivity contribution in [3.8, 4) is 5.75 Å². The second kappa shape index (κ2) is 8.43. The first kappa shape index (κ1) is 18.5. The third-order valence-electron chi connectivity index (χ3n) is 3.68. The van der Waals surface area contributed by atoms with Crippen molar-refractivity contribution < 1.29 is 13.9 Å². The van der Waals surface area contributed by atoms with Gasteiger partial charge in [-0.05, 0) is 54.1 Å². The number of rotatable bonds is 6. The van der Waals surface area contributed by atoms with Crippen molar-refractivity contribution in [1.82, 2.24) is 4.98 Å². The van der Waals surface area contributed by atoms with Gasteiger partial charge in [-0.3, -0.25) is 9.78 Å². The number of nitrogens with zero attached hydrogens (tertiary/aromatic N) is 1. The number of carbonyl (C=O) groups is 1. The van der Waals surface area contributed by atoms with Gasteiger partial charge >= 0.3 is 0 Å². The highest BCUT2D eigenvalue weighted by molar-refractivity contribution is 9.10. The van der Waals surface area contributed by atoms with Crippen LogP contribution in [-0.4, -0.2) is 10.8 Å². The third kappa shape index (κ3) is 4.90. The number of carbonyl (C=O) groups excluding carboxylic acids is 1. The summed E-state index contributed by atoms with van der Waals surface area (Å²) in [4.78, 5) is 16.8. The molecule has 0 spiro atoms. The molecule has 132 valence electrons. The van der Waals surface area contributed by atoms with E-state index in [4.69, 9.17) is 16.3 Å². The Labute approximate surface area is 163 Å². The Morgan fingerprint density at radius 3 is 2.38 bits per heavy atom. The Bertz CT molecular complexity index is 883. The largest absolute Gasteiger partial charge is 0.478 e. The number of hydrogen-bond donors (Lipinski definition) is 0. The minimum atomic E-state index is -0.819. The molecule has 0 amide bonds. The van der Waals surface area contributed by atoms with Crippen LogP contribution in [0.25, 0.3) is 0 Å². The van der Waals surface area contributed by atoms with Crippen LogP contribution in [0.3, 0.4) is 0 Å². The second-order valence-electron chi connectivity index (χ2n) is 5.61. The van der Waals surface area contributed by atoms with Gasteiger partial charge in [0, 0.05) is 15.2 Å². The zero-order valence-electron chi connectivity index (χ0n) is 13.5. The van der Waals surface area contributed by atoms with Crippen molar-refractivity contribution in [3.05, 3.63) is 93.4 Å². The number of ether oxygens (including phenoxy) is 1. The summed E-state index contributed by atoms with van der Waals surface area (Å²) in [5.41, 5.74) is 1.17.